The zero-order valence-corrected chi connectivity index (χ0v) is 26.9. The van der Waals surface area contributed by atoms with Crippen molar-refractivity contribution < 1.29 is 9.59 Å². The molecule has 40 heavy (non-hydrogen) atoms. The summed E-state index contributed by atoms with van der Waals surface area (Å²) < 4.78 is 0. The Kier molecular flexibility index (Phi) is 32.2. The Morgan fingerprint density at radius 1 is 0.575 bits per heavy atom. The molecule has 9 heteroatoms. The van der Waals surface area contributed by atoms with Crippen molar-refractivity contribution >= 4 is 30.3 Å². The molecule has 0 aliphatic rings. The van der Waals surface area contributed by atoms with Gasteiger partial charge in [0.15, 0.2) is 5.96 Å². The smallest absolute Gasteiger partial charge is 0.315 e. The lowest BCUT2D eigenvalue weighted by molar-refractivity contribution is -0.123. The molecule has 238 valence electrons. The summed E-state index contributed by atoms with van der Waals surface area (Å²) in [5, 5.41) is 18.8. The second-order valence-electron chi connectivity index (χ2n) is 11.1. The molecule has 1 unspecified atom stereocenters. The highest BCUT2D eigenvalue weighted by atomic mass is 35.5. The number of nitrogens with two attached hydrogens (primary N) is 1. The Bertz CT molecular complexity index is 594. The normalized spacial score (nSPS) is 11.3. The first-order valence-corrected chi connectivity index (χ1v) is 16.4. The van der Waals surface area contributed by atoms with Gasteiger partial charge in [0.05, 0.1) is 0 Å². The minimum atomic E-state index is -0.588. The zero-order chi connectivity index (χ0) is 28.8. The number of halogens is 1. The van der Waals surface area contributed by atoms with Crippen LogP contribution in [0.15, 0.2) is 0 Å². The van der Waals surface area contributed by atoms with Crippen LogP contribution in [-0.4, -0.2) is 43.6 Å². The molecule has 3 amide bonds. The van der Waals surface area contributed by atoms with Gasteiger partial charge in [-0.15, -0.1) is 12.4 Å². The highest BCUT2D eigenvalue weighted by Gasteiger charge is 2.20. The van der Waals surface area contributed by atoms with E-state index in [2.05, 4.69) is 35.1 Å². The molecule has 0 spiro atoms. The second kappa shape index (κ2) is 31.8. The Labute approximate surface area is 252 Å². The quantitative estimate of drug-likeness (QED) is 0.0325. The van der Waals surface area contributed by atoms with E-state index in [1.165, 1.54) is 103 Å². The van der Waals surface area contributed by atoms with Gasteiger partial charge in [-0.3, -0.25) is 10.2 Å². The fourth-order valence-corrected chi connectivity index (χ4v) is 4.77. The first kappa shape index (κ1) is 40.4. The van der Waals surface area contributed by atoms with Crippen LogP contribution < -0.4 is 27.0 Å². The first-order valence-electron chi connectivity index (χ1n) is 16.4. The fraction of sp³-hybridized carbons (Fsp3) is 0.903. The molecule has 0 heterocycles. The molecule has 0 bridgehead atoms. The molecule has 0 aromatic heterocycles. The van der Waals surface area contributed by atoms with Gasteiger partial charge in [0.2, 0.25) is 5.91 Å². The molecular weight excluding hydrogens is 524 g/mol. The lowest BCUT2D eigenvalue weighted by atomic mass is 10.1. The highest BCUT2D eigenvalue weighted by molar-refractivity contribution is 5.87. The first-order chi connectivity index (χ1) is 19.0. The number of unbranched alkanes of at least 4 members (excludes halogenated alkanes) is 18. The monoisotopic (exact) mass is 588 g/mol. The number of nitrogens with one attached hydrogen (secondary N) is 5. The number of hydrogen-bond acceptors (Lipinski definition) is 3. The van der Waals surface area contributed by atoms with Gasteiger partial charge in [-0.05, 0) is 25.7 Å². The Morgan fingerprint density at radius 3 is 1.38 bits per heavy atom. The van der Waals surface area contributed by atoms with Crippen molar-refractivity contribution in [3.05, 3.63) is 0 Å². The summed E-state index contributed by atoms with van der Waals surface area (Å²) >= 11 is 0. The summed E-state index contributed by atoms with van der Waals surface area (Å²) in [5.74, 6) is -0.220. The Morgan fingerprint density at radius 2 is 0.950 bits per heavy atom. The molecule has 0 aliphatic carbocycles. The van der Waals surface area contributed by atoms with Crippen molar-refractivity contribution in [1.29, 1.82) is 5.41 Å². The molecule has 0 aromatic carbocycles. The number of amides is 3. The molecule has 8 nitrogen and oxygen atoms in total. The van der Waals surface area contributed by atoms with Crippen molar-refractivity contribution in [2.24, 2.45) is 5.73 Å². The van der Waals surface area contributed by atoms with Crippen molar-refractivity contribution in [3.8, 4) is 0 Å². The van der Waals surface area contributed by atoms with Gasteiger partial charge in [-0.25, -0.2) is 4.79 Å². The van der Waals surface area contributed by atoms with E-state index in [-0.39, 0.29) is 30.3 Å². The highest BCUT2D eigenvalue weighted by Crippen LogP contribution is 2.11. The van der Waals surface area contributed by atoms with Crippen molar-refractivity contribution in [2.45, 2.75) is 161 Å². The predicted octanol–water partition coefficient (Wildman–Crippen LogP) is 7.30. The number of carbonyl (C=O) groups is 2. The van der Waals surface area contributed by atoms with Crippen molar-refractivity contribution in [3.63, 3.8) is 0 Å². The predicted molar refractivity (Wildman–Crippen MR) is 173 cm³/mol. The van der Waals surface area contributed by atoms with Gasteiger partial charge in [-0.1, -0.05) is 129 Å². The van der Waals surface area contributed by atoms with Gasteiger partial charge in [-0.2, -0.15) is 0 Å². The van der Waals surface area contributed by atoms with E-state index in [0.717, 1.165) is 25.7 Å². The summed E-state index contributed by atoms with van der Waals surface area (Å²) in [7, 11) is 0. The molecule has 0 fully saturated rings. The van der Waals surface area contributed by atoms with E-state index in [1.807, 2.05) is 0 Å². The number of hydrogen-bond donors (Lipinski definition) is 6. The van der Waals surface area contributed by atoms with Gasteiger partial charge in [0.25, 0.3) is 0 Å². The number of urea groups is 1. The van der Waals surface area contributed by atoms with Gasteiger partial charge >= 0.3 is 6.03 Å². The maximum Gasteiger partial charge on any atom is 0.315 e. The molecule has 1 atom stereocenters. The molecule has 0 aliphatic heterocycles. The summed E-state index contributed by atoms with van der Waals surface area (Å²) in [4.78, 5) is 25.2. The number of guanidine groups is 1. The topological polar surface area (TPSA) is 132 Å². The molecule has 0 rings (SSSR count). The summed E-state index contributed by atoms with van der Waals surface area (Å²) in [6.07, 6.45) is 26.3. The van der Waals surface area contributed by atoms with Crippen molar-refractivity contribution in [1.82, 2.24) is 21.3 Å². The summed E-state index contributed by atoms with van der Waals surface area (Å²) in [6.45, 7) is 6.26. The maximum absolute atomic E-state index is 12.8. The summed E-state index contributed by atoms with van der Waals surface area (Å²) in [5.41, 5.74) is 5.35. The van der Waals surface area contributed by atoms with Crippen LogP contribution >= 0.6 is 12.4 Å². The van der Waals surface area contributed by atoms with Crippen LogP contribution in [0.4, 0.5) is 4.79 Å². The minimum Gasteiger partial charge on any atom is -0.370 e. The summed E-state index contributed by atoms with van der Waals surface area (Å²) in [6, 6.07) is -0.876. The molecule has 0 saturated heterocycles. The van der Waals surface area contributed by atoms with Gasteiger partial charge in [0, 0.05) is 19.6 Å². The van der Waals surface area contributed by atoms with Crippen LogP contribution in [0.1, 0.15) is 155 Å². The molecule has 7 N–H and O–H groups in total. The zero-order valence-electron chi connectivity index (χ0n) is 26.1. The van der Waals surface area contributed by atoms with E-state index in [0.29, 0.717) is 32.5 Å². The average molecular weight is 589 g/mol. The third kappa shape index (κ3) is 29.3. The standard InChI is InChI=1S/C31H64N6O2.ClH/c1-3-5-7-9-11-13-15-17-19-21-25-34-29(38)28(24-23-27-35-30(32)33)37-31(39)36-26-22-20-18-16-14-12-10-8-6-4-2;/h28H,3-27H2,1-2H3,(H,34,38)(H4,32,33,35)(H2,36,37,39);1H. The van der Waals surface area contributed by atoms with Crippen LogP contribution in [0.3, 0.4) is 0 Å². The van der Waals surface area contributed by atoms with E-state index >= 15 is 0 Å². The Hall–Kier alpha value is -1.70. The van der Waals surface area contributed by atoms with Crippen molar-refractivity contribution in [2.75, 3.05) is 19.6 Å². The third-order valence-corrected chi connectivity index (χ3v) is 7.25. The van der Waals surface area contributed by atoms with Gasteiger partial charge < -0.3 is 27.0 Å². The Balaban J connectivity index is 0. The third-order valence-electron chi connectivity index (χ3n) is 7.25. The second-order valence-corrected chi connectivity index (χ2v) is 11.1. The lowest BCUT2D eigenvalue weighted by Gasteiger charge is -2.19. The number of rotatable bonds is 28. The molecule has 0 radical (unpaired) electrons. The molecule has 0 saturated carbocycles. The van der Waals surface area contributed by atoms with E-state index in [1.54, 1.807) is 0 Å². The van der Waals surface area contributed by atoms with Crippen LogP contribution in [0.5, 0.6) is 0 Å². The van der Waals surface area contributed by atoms with Crippen LogP contribution in [0, 0.1) is 5.41 Å². The lowest BCUT2D eigenvalue weighted by Crippen LogP contribution is -2.50. The average Bonchev–Trinajstić information content (AvgIpc) is 2.91. The largest absolute Gasteiger partial charge is 0.370 e. The van der Waals surface area contributed by atoms with Crippen LogP contribution in [-0.2, 0) is 4.79 Å². The molecule has 0 aromatic rings. The van der Waals surface area contributed by atoms with Gasteiger partial charge in [0.1, 0.15) is 6.04 Å². The van der Waals surface area contributed by atoms with Crippen LogP contribution in [0.2, 0.25) is 0 Å². The number of carbonyl (C=O) groups excluding carboxylic acids is 2. The molecular formula is C31H65ClN6O2. The van der Waals surface area contributed by atoms with Crippen LogP contribution in [0.25, 0.3) is 0 Å². The minimum absolute atomic E-state index is 0. The maximum atomic E-state index is 12.8. The van der Waals surface area contributed by atoms with E-state index < -0.39 is 6.04 Å². The van der Waals surface area contributed by atoms with E-state index in [4.69, 9.17) is 11.1 Å². The SMILES string of the molecule is CCCCCCCCCCCCNC(=O)NC(CCCNC(=N)N)C(=O)NCCCCCCCCCCCC.Cl. The van der Waals surface area contributed by atoms with E-state index in [9.17, 15) is 9.59 Å². The fourth-order valence-electron chi connectivity index (χ4n) is 4.77.